The second kappa shape index (κ2) is 8.22. The lowest BCUT2D eigenvalue weighted by Crippen LogP contribution is -2.49. The summed E-state index contributed by atoms with van der Waals surface area (Å²) in [6, 6.07) is 8.93. The van der Waals surface area contributed by atoms with E-state index in [1.807, 2.05) is 0 Å². The van der Waals surface area contributed by atoms with Gasteiger partial charge >= 0.3 is 0 Å². The van der Waals surface area contributed by atoms with Crippen molar-refractivity contribution in [3.8, 4) is 17.0 Å². The number of nitrogens with one attached hydrogen (secondary N) is 1. The minimum absolute atomic E-state index is 0.180. The molecular formula is C21H18BrF3N4O. The van der Waals surface area contributed by atoms with Crippen molar-refractivity contribution in [1.82, 2.24) is 15.2 Å². The summed E-state index contributed by atoms with van der Waals surface area (Å²) in [7, 11) is 1.44. The van der Waals surface area contributed by atoms with Crippen molar-refractivity contribution in [2.24, 2.45) is 0 Å². The summed E-state index contributed by atoms with van der Waals surface area (Å²) < 4.78 is 48.2. The highest BCUT2D eigenvalue weighted by Gasteiger charge is 2.48. The van der Waals surface area contributed by atoms with Gasteiger partial charge in [0.25, 0.3) is 0 Å². The van der Waals surface area contributed by atoms with Crippen LogP contribution in [0.5, 0.6) is 5.75 Å². The maximum absolute atomic E-state index is 14.4. The summed E-state index contributed by atoms with van der Waals surface area (Å²) in [4.78, 5) is 4.13. The molecule has 0 bridgehead atoms. The number of methoxy groups -OCH3 is 1. The highest BCUT2D eigenvalue weighted by Crippen LogP contribution is 2.45. The number of rotatable bonds is 6. The van der Waals surface area contributed by atoms with Gasteiger partial charge in [-0.05, 0) is 65.2 Å². The van der Waals surface area contributed by atoms with E-state index < -0.39 is 23.2 Å². The molecule has 4 rings (SSSR count). The van der Waals surface area contributed by atoms with Gasteiger partial charge in [-0.3, -0.25) is 4.98 Å². The summed E-state index contributed by atoms with van der Waals surface area (Å²) in [6.07, 6.45) is 0.869. The van der Waals surface area contributed by atoms with Crippen LogP contribution in [-0.2, 0) is 5.41 Å². The van der Waals surface area contributed by atoms with E-state index in [-0.39, 0.29) is 30.6 Å². The van der Waals surface area contributed by atoms with Gasteiger partial charge in [0.05, 0.1) is 28.5 Å². The van der Waals surface area contributed by atoms with Crippen molar-refractivity contribution >= 4 is 21.7 Å². The molecule has 3 aromatic rings. The van der Waals surface area contributed by atoms with Gasteiger partial charge in [-0.15, -0.1) is 10.2 Å². The maximum Gasteiger partial charge on any atom is 0.148 e. The first-order chi connectivity index (χ1) is 14.4. The van der Waals surface area contributed by atoms with Crippen molar-refractivity contribution < 1.29 is 17.9 Å². The van der Waals surface area contributed by atoms with E-state index in [9.17, 15) is 13.2 Å². The van der Waals surface area contributed by atoms with Gasteiger partial charge in [0, 0.05) is 18.2 Å². The average Bonchev–Trinajstić information content (AvgIpc) is 2.72. The van der Waals surface area contributed by atoms with E-state index in [1.165, 1.54) is 31.5 Å². The van der Waals surface area contributed by atoms with Gasteiger partial charge < -0.3 is 10.1 Å². The van der Waals surface area contributed by atoms with Crippen LogP contribution in [0.25, 0.3) is 11.3 Å². The fourth-order valence-corrected chi connectivity index (χ4v) is 4.27. The third kappa shape index (κ3) is 3.74. The Kier molecular flexibility index (Phi) is 5.64. The van der Waals surface area contributed by atoms with Gasteiger partial charge in [0.2, 0.25) is 0 Å². The SMILES string of the molecule is COc1c(Br)ccc(F)c1-c1ccc(NC[C@]2(c3ncccc3F)C[C@H](F)C2)nn1. The first kappa shape index (κ1) is 20.6. The van der Waals surface area contributed by atoms with E-state index in [0.717, 1.165) is 0 Å². The maximum atomic E-state index is 14.4. The van der Waals surface area contributed by atoms with Crippen LogP contribution in [0.4, 0.5) is 19.0 Å². The summed E-state index contributed by atoms with van der Waals surface area (Å²) in [5, 5.41) is 11.3. The van der Waals surface area contributed by atoms with Gasteiger partial charge in [0.1, 0.15) is 29.4 Å². The van der Waals surface area contributed by atoms with Gasteiger partial charge in [0.15, 0.2) is 0 Å². The lowest BCUT2D eigenvalue weighted by molar-refractivity contribution is 0.0964. The quantitative estimate of drug-likeness (QED) is 0.535. The molecule has 1 saturated carbocycles. The molecule has 1 aliphatic rings. The van der Waals surface area contributed by atoms with Crippen molar-refractivity contribution in [2.75, 3.05) is 19.0 Å². The molecule has 0 amide bonds. The Labute approximate surface area is 179 Å². The summed E-state index contributed by atoms with van der Waals surface area (Å²) in [5.74, 6) is -0.216. The third-order valence-electron chi connectivity index (χ3n) is 5.28. The molecule has 5 nitrogen and oxygen atoms in total. The number of hydrogen-bond donors (Lipinski definition) is 1. The normalized spacial score (nSPS) is 20.5. The lowest BCUT2D eigenvalue weighted by Gasteiger charge is -2.44. The first-order valence-electron chi connectivity index (χ1n) is 9.28. The summed E-state index contributed by atoms with van der Waals surface area (Å²) >= 11 is 3.33. The largest absolute Gasteiger partial charge is 0.495 e. The Bertz CT molecular complexity index is 1060. The highest BCUT2D eigenvalue weighted by atomic mass is 79.9. The number of alkyl halides is 1. The number of anilines is 1. The topological polar surface area (TPSA) is 59.9 Å². The zero-order valence-electron chi connectivity index (χ0n) is 16.0. The Morgan fingerprint density at radius 3 is 2.57 bits per heavy atom. The van der Waals surface area contributed by atoms with Crippen LogP contribution in [0.3, 0.4) is 0 Å². The molecule has 1 aromatic carbocycles. The van der Waals surface area contributed by atoms with Crippen LogP contribution < -0.4 is 10.1 Å². The molecule has 0 spiro atoms. The molecule has 9 heteroatoms. The van der Waals surface area contributed by atoms with Gasteiger partial charge in [-0.2, -0.15) is 0 Å². The average molecular weight is 479 g/mol. The number of halogens is 4. The molecule has 2 heterocycles. The van der Waals surface area contributed by atoms with Crippen molar-refractivity contribution in [3.05, 3.63) is 64.4 Å². The van der Waals surface area contributed by atoms with Gasteiger partial charge in [-0.25, -0.2) is 13.2 Å². The van der Waals surface area contributed by atoms with Crippen LogP contribution in [-0.4, -0.2) is 35.0 Å². The molecule has 1 fully saturated rings. The summed E-state index contributed by atoms with van der Waals surface area (Å²) in [6.45, 7) is 0.254. The third-order valence-corrected chi connectivity index (χ3v) is 5.90. The number of nitrogens with zero attached hydrogens (tertiary/aromatic N) is 3. The Morgan fingerprint density at radius 1 is 1.13 bits per heavy atom. The molecule has 0 unspecified atom stereocenters. The molecule has 1 N–H and O–H groups in total. The lowest BCUT2D eigenvalue weighted by atomic mass is 9.65. The number of benzene rings is 1. The Morgan fingerprint density at radius 2 is 1.93 bits per heavy atom. The van der Waals surface area contributed by atoms with Crippen LogP contribution in [0.1, 0.15) is 18.5 Å². The minimum Gasteiger partial charge on any atom is -0.495 e. The van der Waals surface area contributed by atoms with Gasteiger partial charge in [-0.1, -0.05) is 0 Å². The Balaban J connectivity index is 1.55. The molecule has 1 aliphatic carbocycles. The van der Waals surface area contributed by atoms with E-state index in [1.54, 1.807) is 18.2 Å². The Hall–Kier alpha value is -2.68. The predicted octanol–water partition coefficient (Wildman–Crippen LogP) is 5.07. The second-order valence-corrected chi connectivity index (χ2v) is 8.07. The van der Waals surface area contributed by atoms with Crippen molar-refractivity contribution in [1.29, 1.82) is 0 Å². The van der Waals surface area contributed by atoms with E-state index in [0.29, 0.717) is 21.7 Å². The number of ether oxygens (including phenoxy) is 1. The zero-order valence-corrected chi connectivity index (χ0v) is 17.6. The fourth-order valence-electron chi connectivity index (χ4n) is 3.78. The standard InChI is InChI=1S/C21H18BrF3N4O/c1-30-19-13(22)4-5-14(24)18(19)16-6-7-17(29-28-16)27-11-21(9-12(23)10-21)20-15(25)3-2-8-26-20/h2-8,12H,9-11H2,1H3,(H,27,29)/t12-,21-. The van der Waals surface area contributed by atoms with E-state index in [4.69, 9.17) is 4.74 Å². The number of pyridine rings is 1. The highest BCUT2D eigenvalue weighted by molar-refractivity contribution is 9.10. The van der Waals surface area contributed by atoms with E-state index in [2.05, 4.69) is 36.4 Å². The van der Waals surface area contributed by atoms with E-state index >= 15 is 0 Å². The zero-order chi connectivity index (χ0) is 21.3. The first-order valence-corrected chi connectivity index (χ1v) is 10.1. The molecule has 30 heavy (non-hydrogen) atoms. The van der Waals surface area contributed by atoms with Crippen LogP contribution >= 0.6 is 15.9 Å². The smallest absolute Gasteiger partial charge is 0.148 e. The molecule has 0 saturated heterocycles. The molecule has 2 aromatic heterocycles. The second-order valence-electron chi connectivity index (χ2n) is 7.21. The molecular weight excluding hydrogens is 461 g/mol. The molecule has 156 valence electrons. The van der Waals surface area contributed by atoms with Crippen LogP contribution in [0.15, 0.2) is 47.1 Å². The molecule has 0 radical (unpaired) electrons. The summed E-state index contributed by atoms with van der Waals surface area (Å²) in [5.41, 5.74) is -0.00615. The molecule has 0 atom stereocenters. The molecule has 0 aliphatic heterocycles. The number of aromatic nitrogens is 3. The minimum atomic E-state index is -0.992. The monoisotopic (exact) mass is 478 g/mol. The van der Waals surface area contributed by atoms with Crippen molar-refractivity contribution in [3.63, 3.8) is 0 Å². The number of hydrogen-bond acceptors (Lipinski definition) is 5. The van der Waals surface area contributed by atoms with Crippen LogP contribution in [0, 0.1) is 11.6 Å². The predicted molar refractivity (Wildman–Crippen MR) is 110 cm³/mol. The fraction of sp³-hybridized carbons (Fsp3) is 0.286. The van der Waals surface area contributed by atoms with Crippen LogP contribution in [0.2, 0.25) is 0 Å². The van der Waals surface area contributed by atoms with Crippen molar-refractivity contribution in [2.45, 2.75) is 24.4 Å².